The summed E-state index contributed by atoms with van der Waals surface area (Å²) in [4.78, 5) is 9.41. The highest BCUT2D eigenvalue weighted by atomic mass is 16.5. The van der Waals surface area contributed by atoms with Crippen LogP contribution in [0.5, 0.6) is 5.88 Å². The summed E-state index contributed by atoms with van der Waals surface area (Å²) in [6.07, 6.45) is 1.77. The Labute approximate surface area is 152 Å². The van der Waals surface area contributed by atoms with Gasteiger partial charge in [0.05, 0.1) is 18.5 Å². The molecule has 0 bridgehead atoms. The molecule has 0 aliphatic carbocycles. The van der Waals surface area contributed by atoms with Crippen LogP contribution in [0.1, 0.15) is 18.1 Å². The molecular weight excluding hydrogens is 324 g/mol. The molecule has 2 aromatic heterocycles. The van der Waals surface area contributed by atoms with Gasteiger partial charge in [-0.05, 0) is 44.0 Å². The number of rotatable bonds is 4. The molecule has 0 aliphatic rings. The van der Waals surface area contributed by atoms with Gasteiger partial charge in [-0.3, -0.25) is 0 Å². The molecule has 0 atom stereocenters. The van der Waals surface area contributed by atoms with E-state index in [9.17, 15) is 0 Å². The summed E-state index contributed by atoms with van der Waals surface area (Å²) in [6, 6.07) is 16.3. The zero-order valence-corrected chi connectivity index (χ0v) is 15.1. The van der Waals surface area contributed by atoms with E-state index in [0.717, 1.165) is 22.3 Å². The van der Waals surface area contributed by atoms with E-state index in [-0.39, 0.29) is 0 Å². The molecule has 0 fully saturated rings. The largest absolute Gasteiger partial charge is 0.477 e. The molecular formula is C21H20N4O. The van der Waals surface area contributed by atoms with Crippen LogP contribution in [0.2, 0.25) is 0 Å². The highest BCUT2D eigenvalue weighted by Gasteiger charge is 2.16. The standard InChI is InChI=1S/C21H20N4O/c1-4-26-21-18-13-22-25(17-11-14(2)10-15(3)12-17)20(18)23-19(24-21)16-8-6-5-7-9-16/h5-13H,4H2,1-3H3. The zero-order chi connectivity index (χ0) is 18.1. The number of benzene rings is 2. The van der Waals surface area contributed by atoms with E-state index in [1.54, 1.807) is 6.20 Å². The van der Waals surface area contributed by atoms with Gasteiger partial charge in [-0.1, -0.05) is 36.4 Å². The molecule has 4 rings (SSSR count). The van der Waals surface area contributed by atoms with Crippen molar-refractivity contribution >= 4 is 11.0 Å². The normalized spacial score (nSPS) is 11.0. The Kier molecular flexibility index (Phi) is 4.13. The first-order valence-electron chi connectivity index (χ1n) is 8.68. The summed E-state index contributed by atoms with van der Waals surface area (Å²) in [5.74, 6) is 1.19. The van der Waals surface area contributed by atoms with Crippen molar-refractivity contribution in [2.45, 2.75) is 20.8 Å². The first-order chi connectivity index (χ1) is 12.7. The molecule has 0 radical (unpaired) electrons. The van der Waals surface area contributed by atoms with Crippen LogP contribution >= 0.6 is 0 Å². The van der Waals surface area contributed by atoms with Gasteiger partial charge in [-0.25, -0.2) is 9.67 Å². The van der Waals surface area contributed by atoms with Crippen LogP contribution in [0.25, 0.3) is 28.1 Å². The van der Waals surface area contributed by atoms with Gasteiger partial charge in [0, 0.05) is 5.56 Å². The number of hydrogen-bond donors (Lipinski definition) is 0. The molecule has 5 heteroatoms. The van der Waals surface area contributed by atoms with E-state index in [1.807, 2.05) is 41.9 Å². The van der Waals surface area contributed by atoms with Gasteiger partial charge in [-0.2, -0.15) is 10.1 Å². The van der Waals surface area contributed by atoms with Gasteiger partial charge in [-0.15, -0.1) is 0 Å². The molecule has 0 N–H and O–H groups in total. The monoisotopic (exact) mass is 344 g/mol. The molecule has 0 saturated heterocycles. The molecule has 130 valence electrons. The van der Waals surface area contributed by atoms with Crippen molar-refractivity contribution in [1.82, 2.24) is 19.7 Å². The molecule has 0 amide bonds. The second-order valence-electron chi connectivity index (χ2n) is 6.29. The minimum atomic E-state index is 0.537. The smallest absolute Gasteiger partial charge is 0.228 e. The van der Waals surface area contributed by atoms with Crippen LogP contribution in [-0.2, 0) is 0 Å². The Morgan fingerprint density at radius 3 is 2.38 bits per heavy atom. The summed E-state index contributed by atoms with van der Waals surface area (Å²) in [6.45, 7) is 6.65. The fourth-order valence-electron chi connectivity index (χ4n) is 3.11. The number of aromatic nitrogens is 4. The van der Waals surface area contributed by atoms with Crippen LogP contribution in [0.4, 0.5) is 0 Å². The van der Waals surface area contributed by atoms with Crippen LogP contribution in [0.15, 0.2) is 54.7 Å². The molecule has 0 saturated carbocycles. The molecule has 0 spiro atoms. The summed E-state index contributed by atoms with van der Waals surface area (Å²) in [5, 5.41) is 5.37. The molecule has 0 unspecified atom stereocenters. The van der Waals surface area contributed by atoms with Crippen molar-refractivity contribution in [3.8, 4) is 23.0 Å². The topological polar surface area (TPSA) is 52.8 Å². The highest BCUT2D eigenvalue weighted by molar-refractivity contribution is 5.83. The van der Waals surface area contributed by atoms with Crippen LogP contribution < -0.4 is 4.74 Å². The molecule has 0 aliphatic heterocycles. The molecule has 4 aromatic rings. The summed E-state index contributed by atoms with van der Waals surface area (Å²) < 4.78 is 7.63. The van der Waals surface area contributed by atoms with Crippen molar-refractivity contribution in [2.75, 3.05) is 6.61 Å². The zero-order valence-electron chi connectivity index (χ0n) is 15.1. The summed E-state index contributed by atoms with van der Waals surface area (Å²) in [7, 11) is 0. The van der Waals surface area contributed by atoms with Crippen LogP contribution in [0.3, 0.4) is 0 Å². The predicted molar refractivity (Wildman–Crippen MR) is 103 cm³/mol. The second-order valence-corrected chi connectivity index (χ2v) is 6.29. The molecule has 5 nitrogen and oxygen atoms in total. The Hall–Kier alpha value is -3.21. The van der Waals surface area contributed by atoms with Crippen molar-refractivity contribution in [3.63, 3.8) is 0 Å². The number of fused-ring (bicyclic) bond motifs is 1. The number of nitrogens with zero attached hydrogens (tertiary/aromatic N) is 4. The SMILES string of the molecule is CCOc1nc(-c2ccccc2)nc2c1cnn2-c1cc(C)cc(C)c1. The fraction of sp³-hybridized carbons (Fsp3) is 0.190. The number of hydrogen-bond acceptors (Lipinski definition) is 4. The Bertz CT molecular complexity index is 1050. The van der Waals surface area contributed by atoms with Crippen molar-refractivity contribution in [3.05, 3.63) is 65.9 Å². The second kappa shape index (κ2) is 6.59. The maximum Gasteiger partial charge on any atom is 0.228 e. The van der Waals surface area contributed by atoms with Gasteiger partial charge in [0.25, 0.3) is 0 Å². The minimum Gasteiger partial charge on any atom is -0.477 e. The van der Waals surface area contributed by atoms with E-state index < -0.39 is 0 Å². The average molecular weight is 344 g/mol. The number of aryl methyl sites for hydroxylation is 2. The quantitative estimate of drug-likeness (QED) is 0.547. The lowest BCUT2D eigenvalue weighted by Crippen LogP contribution is -2.02. The van der Waals surface area contributed by atoms with Crippen molar-refractivity contribution < 1.29 is 4.74 Å². The van der Waals surface area contributed by atoms with Crippen LogP contribution in [0, 0.1) is 13.8 Å². The Morgan fingerprint density at radius 2 is 1.69 bits per heavy atom. The average Bonchev–Trinajstić information content (AvgIpc) is 3.06. The van der Waals surface area contributed by atoms with E-state index in [2.05, 4.69) is 42.1 Å². The molecule has 2 heterocycles. The molecule has 2 aromatic carbocycles. The van der Waals surface area contributed by atoms with Gasteiger partial charge < -0.3 is 4.74 Å². The van der Waals surface area contributed by atoms with Crippen molar-refractivity contribution in [1.29, 1.82) is 0 Å². The van der Waals surface area contributed by atoms with E-state index in [1.165, 1.54) is 11.1 Å². The van der Waals surface area contributed by atoms with E-state index in [4.69, 9.17) is 9.72 Å². The molecule has 26 heavy (non-hydrogen) atoms. The Balaban J connectivity index is 1.97. The van der Waals surface area contributed by atoms with Crippen molar-refractivity contribution in [2.24, 2.45) is 0 Å². The predicted octanol–water partition coefficient (Wildman–Crippen LogP) is 4.50. The lowest BCUT2D eigenvalue weighted by molar-refractivity contribution is 0.331. The maximum atomic E-state index is 5.77. The third-order valence-corrected chi connectivity index (χ3v) is 4.16. The van der Waals surface area contributed by atoms with Crippen LogP contribution in [-0.4, -0.2) is 26.4 Å². The van der Waals surface area contributed by atoms with Gasteiger partial charge in [0.1, 0.15) is 5.39 Å². The summed E-state index contributed by atoms with van der Waals surface area (Å²) in [5.41, 5.74) is 5.05. The third kappa shape index (κ3) is 2.92. The van der Waals surface area contributed by atoms with E-state index in [0.29, 0.717) is 18.3 Å². The lowest BCUT2D eigenvalue weighted by atomic mass is 10.1. The number of ether oxygens (including phenoxy) is 1. The first kappa shape index (κ1) is 16.3. The lowest BCUT2D eigenvalue weighted by Gasteiger charge is -2.09. The van der Waals surface area contributed by atoms with Gasteiger partial charge >= 0.3 is 0 Å². The van der Waals surface area contributed by atoms with E-state index >= 15 is 0 Å². The first-order valence-corrected chi connectivity index (χ1v) is 8.68. The summed E-state index contributed by atoms with van der Waals surface area (Å²) >= 11 is 0. The Morgan fingerprint density at radius 1 is 0.962 bits per heavy atom. The van der Waals surface area contributed by atoms with Gasteiger partial charge in [0.15, 0.2) is 11.5 Å². The fourth-order valence-corrected chi connectivity index (χ4v) is 3.11. The minimum absolute atomic E-state index is 0.537. The third-order valence-electron chi connectivity index (χ3n) is 4.16. The maximum absolute atomic E-state index is 5.77. The highest BCUT2D eigenvalue weighted by Crippen LogP contribution is 2.28. The van der Waals surface area contributed by atoms with Gasteiger partial charge in [0.2, 0.25) is 5.88 Å².